The molecule has 8 heteroatoms. The number of benzene rings is 1. The van der Waals surface area contributed by atoms with Crippen LogP contribution in [0.5, 0.6) is 11.5 Å². The molecule has 0 radical (unpaired) electrons. The van der Waals surface area contributed by atoms with Crippen LogP contribution in [-0.2, 0) is 11.3 Å². The monoisotopic (exact) mass is 338 g/mol. The molecular weight excluding hydrogens is 317 g/mol. The lowest BCUT2D eigenvalue weighted by atomic mass is 10.2. The second-order valence-electron chi connectivity index (χ2n) is 5.96. The van der Waals surface area contributed by atoms with Gasteiger partial charge in [-0.05, 0) is 18.2 Å². The summed E-state index contributed by atoms with van der Waals surface area (Å²) in [5.41, 5.74) is 0.364. The Hall–Kier alpha value is -1.25. The first-order valence-corrected chi connectivity index (χ1v) is 10.5. The van der Waals surface area contributed by atoms with Crippen LogP contribution in [0, 0.1) is 0 Å². The lowest BCUT2D eigenvalue weighted by Gasteiger charge is -2.16. The summed E-state index contributed by atoms with van der Waals surface area (Å²) >= 11 is 0. The summed E-state index contributed by atoms with van der Waals surface area (Å²) in [6.45, 7) is 6.71. The van der Waals surface area contributed by atoms with Gasteiger partial charge in [-0.1, -0.05) is 19.6 Å². The van der Waals surface area contributed by atoms with E-state index in [-0.39, 0.29) is 19.1 Å². The Morgan fingerprint density at radius 1 is 1.18 bits per heavy atom. The zero-order valence-electron chi connectivity index (χ0n) is 12.9. The molecule has 0 saturated heterocycles. The molecule has 4 nitrogen and oxygen atoms in total. The molecular formula is C14H21F3O4Si. The van der Waals surface area contributed by atoms with Crippen molar-refractivity contribution in [3.05, 3.63) is 23.8 Å². The van der Waals surface area contributed by atoms with Crippen molar-refractivity contribution in [2.45, 2.75) is 38.7 Å². The molecule has 1 aromatic rings. The molecule has 1 aromatic carbocycles. The molecule has 0 atom stereocenters. The molecule has 0 unspecified atom stereocenters. The minimum atomic E-state index is -4.77. The standard InChI is InChI=1S/C14H21F3O4Si/c1-22(2,3)7-6-19-10-20-13-8-12(21-14(15,16)17)5-4-11(13)9-18/h4-5,8,18H,6-7,9-10H2,1-3H3. The van der Waals surface area contributed by atoms with Gasteiger partial charge in [0.05, 0.1) is 6.61 Å². The molecule has 0 aliphatic rings. The van der Waals surface area contributed by atoms with Crippen molar-refractivity contribution in [2.24, 2.45) is 0 Å². The van der Waals surface area contributed by atoms with Crippen molar-refractivity contribution < 1.29 is 32.5 Å². The number of aliphatic hydroxyl groups is 1. The molecule has 126 valence electrons. The SMILES string of the molecule is C[Si](C)(C)CCOCOc1cc(OC(F)(F)F)ccc1CO. The third kappa shape index (κ3) is 7.67. The average molecular weight is 338 g/mol. The van der Waals surface area contributed by atoms with Crippen LogP contribution in [0.15, 0.2) is 18.2 Å². The second-order valence-corrected chi connectivity index (χ2v) is 11.6. The Morgan fingerprint density at radius 2 is 1.86 bits per heavy atom. The summed E-state index contributed by atoms with van der Waals surface area (Å²) in [5, 5.41) is 9.17. The van der Waals surface area contributed by atoms with Crippen molar-refractivity contribution in [1.82, 2.24) is 0 Å². The minimum Gasteiger partial charge on any atom is -0.467 e. The maximum Gasteiger partial charge on any atom is 0.573 e. The fraction of sp³-hybridized carbons (Fsp3) is 0.571. The summed E-state index contributed by atoms with van der Waals surface area (Å²) in [7, 11) is -1.21. The molecule has 0 aromatic heterocycles. The maximum absolute atomic E-state index is 12.2. The lowest BCUT2D eigenvalue weighted by molar-refractivity contribution is -0.274. The van der Waals surface area contributed by atoms with E-state index in [4.69, 9.17) is 9.47 Å². The van der Waals surface area contributed by atoms with Crippen molar-refractivity contribution in [3.63, 3.8) is 0 Å². The van der Waals surface area contributed by atoms with Crippen LogP contribution in [0.25, 0.3) is 0 Å². The van der Waals surface area contributed by atoms with Gasteiger partial charge in [0, 0.05) is 26.3 Å². The van der Waals surface area contributed by atoms with Crippen LogP contribution in [0.4, 0.5) is 13.2 Å². The predicted octanol–water partition coefficient (Wildman–Crippen LogP) is 3.77. The normalized spacial score (nSPS) is 12.3. The second kappa shape index (κ2) is 7.84. The van der Waals surface area contributed by atoms with Gasteiger partial charge in [0.25, 0.3) is 0 Å². The first-order chi connectivity index (χ1) is 10.1. The number of rotatable bonds is 8. The number of alkyl halides is 3. The van der Waals surface area contributed by atoms with Gasteiger partial charge in [-0.15, -0.1) is 13.2 Å². The number of halogens is 3. The molecule has 1 rings (SSSR count). The number of aliphatic hydroxyl groups excluding tert-OH is 1. The van der Waals surface area contributed by atoms with Gasteiger partial charge in [-0.25, -0.2) is 0 Å². The number of ether oxygens (including phenoxy) is 3. The molecule has 0 heterocycles. The fourth-order valence-corrected chi connectivity index (χ4v) is 2.30. The van der Waals surface area contributed by atoms with Crippen LogP contribution in [0.1, 0.15) is 5.56 Å². The van der Waals surface area contributed by atoms with Gasteiger partial charge in [-0.3, -0.25) is 0 Å². The number of hydrogen-bond acceptors (Lipinski definition) is 4. The van der Waals surface area contributed by atoms with Crippen LogP contribution >= 0.6 is 0 Å². The Bertz CT molecular complexity index is 472. The summed E-state index contributed by atoms with van der Waals surface area (Å²) in [5.74, 6) is -0.293. The molecule has 0 amide bonds. The first kappa shape index (κ1) is 18.8. The molecule has 0 aliphatic carbocycles. The molecule has 0 fully saturated rings. The van der Waals surface area contributed by atoms with Crippen molar-refractivity contribution in [3.8, 4) is 11.5 Å². The van der Waals surface area contributed by atoms with E-state index in [0.717, 1.165) is 18.2 Å². The maximum atomic E-state index is 12.2. The van der Waals surface area contributed by atoms with E-state index in [1.165, 1.54) is 6.07 Å². The summed E-state index contributed by atoms with van der Waals surface area (Å²) < 4.78 is 51.0. The average Bonchev–Trinajstić information content (AvgIpc) is 2.35. The highest BCUT2D eigenvalue weighted by Gasteiger charge is 2.31. The zero-order valence-corrected chi connectivity index (χ0v) is 13.9. The van der Waals surface area contributed by atoms with E-state index in [1.54, 1.807) is 0 Å². The Kier molecular flexibility index (Phi) is 6.70. The molecule has 22 heavy (non-hydrogen) atoms. The Morgan fingerprint density at radius 3 is 2.41 bits per heavy atom. The Labute approximate surface area is 128 Å². The third-order valence-electron chi connectivity index (χ3n) is 2.74. The van der Waals surface area contributed by atoms with E-state index >= 15 is 0 Å². The molecule has 1 N–H and O–H groups in total. The molecule has 0 spiro atoms. The molecule has 0 bridgehead atoms. The summed E-state index contributed by atoms with van der Waals surface area (Å²) in [6, 6.07) is 4.48. The highest BCUT2D eigenvalue weighted by Crippen LogP contribution is 2.29. The highest BCUT2D eigenvalue weighted by molar-refractivity contribution is 6.76. The van der Waals surface area contributed by atoms with Crippen LogP contribution in [-0.4, -0.2) is 32.9 Å². The van der Waals surface area contributed by atoms with Gasteiger partial charge in [0.2, 0.25) is 0 Å². The highest BCUT2D eigenvalue weighted by atomic mass is 28.3. The zero-order chi connectivity index (χ0) is 16.8. The van der Waals surface area contributed by atoms with Gasteiger partial charge >= 0.3 is 6.36 Å². The first-order valence-electron chi connectivity index (χ1n) is 6.81. The van der Waals surface area contributed by atoms with Crippen LogP contribution in [0.3, 0.4) is 0 Å². The van der Waals surface area contributed by atoms with Crippen molar-refractivity contribution in [2.75, 3.05) is 13.4 Å². The van der Waals surface area contributed by atoms with Gasteiger partial charge in [0.1, 0.15) is 11.5 Å². The molecule has 0 aliphatic heterocycles. The van der Waals surface area contributed by atoms with Gasteiger partial charge < -0.3 is 19.3 Å². The van der Waals surface area contributed by atoms with E-state index in [0.29, 0.717) is 12.2 Å². The van der Waals surface area contributed by atoms with E-state index < -0.39 is 20.2 Å². The van der Waals surface area contributed by atoms with E-state index in [1.807, 2.05) is 0 Å². The third-order valence-corrected chi connectivity index (χ3v) is 4.44. The topological polar surface area (TPSA) is 47.9 Å². The smallest absolute Gasteiger partial charge is 0.467 e. The van der Waals surface area contributed by atoms with Gasteiger partial charge in [-0.2, -0.15) is 0 Å². The Balaban J connectivity index is 2.58. The van der Waals surface area contributed by atoms with E-state index in [9.17, 15) is 18.3 Å². The minimum absolute atomic E-state index is 0.0903. The predicted molar refractivity (Wildman–Crippen MR) is 78.6 cm³/mol. The summed E-state index contributed by atoms with van der Waals surface area (Å²) in [6.07, 6.45) is -4.77. The lowest BCUT2D eigenvalue weighted by Crippen LogP contribution is -2.22. The van der Waals surface area contributed by atoms with Crippen LogP contribution in [0.2, 0.25) is 25.7 Å². The van der Waals surface area contributed by atoms with Gasteiger partial charge in [0.15, 0.2) is 6.79 Å². The molecule has 0 saturated carbocycles. The van der Waals surface area contributed by atoms with Crippen LogP contribution < -0.4 is 9.47 Å². The fourth-order valence-electron chi connectivity index (χ4n) is 1.54. The quantitative estimate of drug-likeness (QED) is 0.445. The van der Waals surface area contributed by atoms with E-state index in [2.05, 4.69) is 24.4 Å². The largest absolute Gasteiger partial charge is 0.573 e. The number of hydrogen-bond donors (Lipinski definition) is 1. The van der Waals surface area contributed by atoms with Crippen molar-refractivity contribution >= 4 is 8.07 Å². The van der Waals surface area contributed by atoms with Crippen molar-refractivity contribution in [1.29, 1.82) is 0 Å². The summed E-state index contributed by atoms with van der Waals surface area (Å²) in [4.78, 5) is 0.